The fourth-order valence-corrected chi connectivity index (χ4v) is 2.10. The Balaban J connectivity index is 2.71. The van der Waals surface area contributed by atoms with E-state index in [1.807, 2.05) is 36.7 Å². The maximum absolute atomic E-state index is 9.15. The lowest BCUT2D eigenvalue weighted by atomic mass is 10.1. The van der Waals surface area contributed by atoms with Crippen molar-refractivity contribution in [3.8, 4) is 11.8 Å². The van der Waals surface area contributed by atoms with Crippen molar-refractivity contribution in [2.75, 3.05) is 6.61 Å². The fourth-order valence-electron chi connectivity index (χ4n) is 2.10. The zero-order valence-electron chi connectivity index (χ0n) is 10.0. The molecule has 0 unspecified atom stereocenters. The third kappa shape index (κ3) is 1.75. The van der Waals surface area contributed by atoms with Gasteiger partial charge in [-0.25, -0.2) is 0 Å². The average Bonchev–Trinajstić information content (AvgIpc) is 2.62. The van der Waals surface area contributed by atoms with Gasteiger partial charge < -0.3 is 15.0 Å². The van der Waals surface area contributed by atoms with E-state index < -0.39 is 0 Å². The van der Waals surface area contributed by atoms with E-state index >= 15 is 0 Å². The molecule has 2 rings (SSSR count). The van der Waals surface area contributed by atoms with Gasteiger partial charge in [0.1, 0.15) is 17.5 Å². The highest BCUT2D eigenvalue weighted by atomic mass is 16.5. The monoisotopic (exact) mass is 229 g/mol. The largest absolute Gasteiger partial charge is 0.494 e. The molecule has 0 aliphatic carbocycles. The summed E-state index contributed by atoms with van der Waals surface area (Å²) in [6, 6.07) is 8.01. The molecule has 0 aliphatic heterocycles. The van der Waals surface area contributed by atoms with Crippen LogP contribution in [-0.4, -0.2) is 11.2 Å². The van der Waals surface area contributed by atoms with Crippen LogP contribution in [0.4, 0.5) is 0 Å². The molecule has 0 radical (unpaired) electrons. The van der Waals surface area contributed by atoms with Crippen molar-refractivity contribution in [3.05, 3.63) is 29.5 Å². The number of aromatic nitrogens is 1. The molecule has 2 aromatic rings. The van der Waals surface area contributed by atoms with Gasteiger partial charge in [0, 0.05) is 30.6 Å². The molecule has 0 fully saturated rings. The van der Waals surface area contributed by atoms with E-state index in [-0.39, 0.29) is 0 Å². The van der Waals surface area contributed by atoms with Gasteiger partial charge in [0.15, 0.2) is 0 Å². The summed E-state index contributed by atoms with van der Waals surface area (Å²) in [6.07, 6.45) is 0. The Morgan fingerprint density at radius 2 is 2.24 bits per heavy atom. The molecule has 0 saturated heterocycles. The predicted octanol–water partition coefficient (Wildman–Crippen LogP) is 1.91. The lowest BCUT2D eigenvalue weighted by Crippen LogP contribution is -1.99. The molecule has 0 bridgehead atoms. The fraction of sp³-hybridized carbons (Fsp3) is 0.308. The van der Waals surface area contributed by atoms with Crippen molar-refractivity contribution in [1.29, 1.82) is 5.26 Å². The molecule has 0 atom stereocenters. The minimum Gasteiger partial charge on any atom is -0.494 e. The second kappa shape index (κ2) is 4.48. The molecule has 0 spiro atoms. The Kier molecular flexibility index (Phi) is 3.03. The summed E-state index contributed by atoms with van der Waals surface area (Å²) in [5.74, 6) is 0.814. The molecule has 1 aromatic heterocycles. The molecule has 0 aliphatic rings. The van der Waals surface area contributed by atoms with Crippen LogP contribution >= 0.6 is 0 Å². The molecular weight excluding hydrogens is 214 g/mol. The zero-order valence-corrected chi connectivity index (χ0v) is 10.0. The second-order valence-electron chi connectivity index (χ2n) is 3.81. The number of benzene rings is 1. The van der Waals surface area contributed by atoms with Gasteiger partial charge in [0.2, 0.25) is 0 Å². The highest BCUT2D eigenvalue weighted by Crippen LogP contribution is 2.28. The number of rotatable bonds is 3. The minimum absolute atomic E-state index is 0.369. The number of aryl methyl sites for hydroxylation is 1. The topological polar surface area (TPSA) is 64.0 Å². The van der Waals surface area contributed by atoms with Crippen LogP contribution in [0.2, 0.25) is 0 Å². The molecule has 1 aromatic carbocycles. The molecular formula is C13H15N3O. The van der Waals surface area contributed by atoms with E-state index in [4.69, 9.17) is 15.7 Å². The third-order valence-electron chi connectivity index (χ3n) is 2.90. The molecule has 17 heavy (non-hydrogen) atoms. The van der Waals surface area contributed by atoms with Gasteiger partial charge in [-0.3, -0.25) is 0 Å². The van der Waals surface area contributed by atoms with E-state index in [1.165, 1.54) is 0 Å². The van der Waals surface area contributed by atoms with E-state index in [2.05, 4.69) is 6.07 Å². The number of ether oxygens (including phenoxy) is 1. The number of nitrogens with two attached hydrogens (primary N) is 1. The standard InChI is InChI=1S/C13H15N3O/c1-3-17-9-4-5-10-11(7-14)13(8-15)16(2)12(10)6-9/h4-6H,3,7,14H2,1-2H3. The summed E-state index contributed by atoms with van der Waals surface area (Å²) in [5.41, 5.74) is 8.20. The van der Waals surface area contributed by atoms with Crippen LogP contribution in [0.3, 0.4) is 0 Å². The second-order valence-corrected chi connectivity index (χ2v) is 3.81. The third-order valence-corrected chi connectivity index (χ3v) is 2.90. The van der Waals surface area contributed by atoms with E-state index in [0.717, 1.165) is 22.2 Å². The summed E-state index contributed by atoms with van der Waals surface area (Å²) in [5, 5.41) is 10.2. The van der Waals surface area contributed by atoms with E-state index in [9.17, 15) is 0 Å². The number of hydrogen-bond acceptors (Lipinski definition) is 3. The van der Waals surface area contributed by atoms with Crippen molar-refractivity contribution in [3.63, 3.8) is 0 Å². The number of nitriles is 1. The van der Waals surface area contributed by atoms with Gasteiger partial charge in [-0.15, -0.1) is 0 Å². The lowest BCUT2D eigenvalue weighted by molar-refractivity contribution is 0.340. The Labute approximate surface area is 100 Å². The summed E-state index contributed by atoms with van der Waals surface area (Å²) in [6.45, 7) is 2.94. The molecule has 88 valence electrons. The first-order chi connectivity index (χ1) is 8.22. The lowest BCUT2D eigenvalue weighted by Gasteiger charge is -2.03. The molecule has 2 N–H and O–H groups in total. The highest BCUT2D eigenvalue weighted by molar-refractivity contribution is 5.87. The van der Waals surface area contributed by atoms with Crippen molar-refractivity contribution < 1.29 is 4.74 Å². The normalized spacial score (nSPS) is 10.5. The minimum atomic E-state index is 0.369. The van der Waals surface area contributed by atoms with Crippen LogP contribution in [0.25, 0.3) is 10.9 Å². The first kappa shape index (κ1) is 11.5. The van der Waals surface area contributed by atoms with Crippen LogP contribution in [0, 0.1) is 11.3 Å². The smallest absolute Gasteiger partial charge is 0.125 e. The Morgan fingerprint density at radius 1 is 1.47 bits per heavy atom. The van der Waals surface area contributed by atoms with Crippen LogP contribution in [0.5, 0.6) is 5.75 Å². The maximum atomic E-state index is 9.15. The van der Waals surface area contributed by atoms with Gasteiger partial charge in [-0.05, 0) is 19.1 Å². The number of hydrogen-bond donors (Lipinski definition) is 1. The van der Waals surface area contributed by atoms with Gasteiger partial charge in [0.25, 0.3) is 0 Å². The molecule has 0 saturated carbocycles. The van der Waals surface area contributed by atoms with Crippen molar-refractivity contribution in [2.24, 2.45) is 12.8 Å². The SMILES string of the molecule is CCOc1ccc2c(CN)c(C#N)n(C)c2c1. The molecule has 4 heteroatoms. The first-order valence-electron chi connectivity index (χ1n) is 5.57. The van der Waals surface area contributed by atoms with Crippen molar-refractivity contribution in [2.45, 2.75) is 13.5 Å². The van der Waals surface area contributed by atoms with E-state index in [0.29, 0.717) is 18.8 Å². The van der Waals surface area contributed by atoms with Crippen molar-refractivity contribution >= 4 is 10.9 Å². The van der Waals surface area contributed by atoms with E-state index in [1.54, 1.807) is 0 Å². The van der Waals surface area contributed by atoms with Gasteiger partial charge >= 0.3 is 0 Å². The van der Waals surface area contributed by atoms with Gasteiger partial charge in [-0.1, -0.05) is 0 Å². The van der Waals surface area contributed by atoms with Crippen LogP contribution < -0.4 is 10.5 Å². The molecule has 4 nitrogen and oxygen atoms in total. The summed E-state index contributed by atoms with van der Waals surface area (Å²) in [4.78, 5) is 0. The molecule has 1 heterocycles. The maximum Gasteiger partial charge on any atom is 0.125 e. The summed E-state index contributed by atoms with van der Waals surface area (Å²) in [7, 11) is 1.87. The Bertz CT molecular complexity index is 593. The van der Waals surface area contributed by atoms with Gasteiger partial charge in [0.05, 0.1) is 12.1 Å². The average molecular weight is 229 g/mol. The predicted molar refractivity (Wildman–Crippen MR) is 66.7 cm³/mol. The highest BCUT2D eigenvalue weighted by Gasteiger charge is 2.13. The van der Waals surface area contributed by atoms with Crippen LogP contribution in [0.1, 0.15) is 18.2 Å². The molecule has 0 amide bonds. The Morgan fingerprint density at radius 3 is 2.82 bits per heavy atom. The first-order valence-corrected chi connectivity index (χ1v) is 5.57. The summed E-state index contributed by atoms with van der Waals surface area (Å²) < 4.78 is 7.32. The summed E-state index contributed by atoms with van der Waals surface area (Å²) >= 11 is 0. The van der Waals surface area contributed by atoms with Gasteiger partial charge in [-0.2, -0.15) is 5.26 Å². The number of nitrogens with zero attached hydrogens (tertiary/aromatic N) is 2. The van der Waals surface area contributed by atoms with Crippen LogP contribution in [-0.2, 0) is 13.6 Å². The van der Waals surface area contributed by atoms with Crippen LogP contribution in [0.15, 0.2) is 18.2 Å². The quantitative estimate of drug-likeness (QED) is 0.874. The van der Waals surface area contributed by atoms with Crippen molar-refractivity contribution in [1.82, 2.24) is 4.57 Å². The Hall–Kier alpha value is -1.99. The zero-order chi connectivity index (χ0) is 12.4. The number of fused-ring (bicyclic) bond motifs is 1.